The van der Waals surface area contributed by atoms with Crippen LogP contribution in [0.2, 0.25) is 0 Å². The number of hydrogen-bond acceptors (Lipinski definition) is 2. The van der Waals surface area contributed by atoms with Gasteiger partial charge in [-0.2, -0.15) is 0 Å². The zero-order chi connectivity index (χ0) is 8.10. The summed E-state index contributed by atoms with van der Waals surface area (Å²) in [5, 5.41) is 0. The minimum atomic E-state index is 0.360. The molecule has 0 bridgehead atoms. The Balaban J connectivity index is 2.12. The van der Waals surface area contributed by atoms with Crippen molar-refractivity contribution in [3.8, 4) is 0 Å². The molecule has 1 fully saturated rings. The van der Waals surface area contributed by atoms with Gasteiger partial charge in [-0.1, -0.05) is 0 Å². The van der Waals surface area contributed by atoms with Gasteiger partial charge in [-0.15, -0.1) is 0 Å². The summed E-state index contributed by atoms with van der Waals surface area (Å²) in [6.45, 7) is 5.74. The number of rotatable bonds is 3. The first-order valence-electron chi connectivity index (χ1n) is 4.56. The highest BCUT2D eigenvalue weighted by molar-refractivity contribution is 4.67. The van der Waals surface area contributed by atoms with Gasteiger partial charge in [0.15, 0.2) is 0 Å². The first-order chi connectivity index (χ1) is 5.33. The third-order valence-electron chi connectivity index (χ3n) is 2.07. The van der Waals surface area contributed by atoms with Crippen molar-refractivity contribution >= 4 is 0 Å². The Morgan fingerprint density at radius 1 is 1.45 bits per heavy atom. The van der Waals surface area contributed by atoms with Crippen molar-refractivity contribution in [1.82, 2.24) is 0 Å². The third-order valence-corrected chi connectivity index (χ3v) is 2.07. The second kappa shape index (κ2) is 4.73. The highest BCUT2D eigenvalue weighted by Crippen LogP contribution is 2.18. The summed E-state index contributed by atoms with van der Waals surface area (Å²) in [4.78, 5) is 0. The van der Waals surface area contributed by atoms with Crippen LogP contribution in [0.5, 0.6) is 0 Å². The topological polar surface area (TPSA) is 18.5 Å². The zero-order valence-electron chi connectivity index (χ0n) is 7.51. The van der Waals surface area contributed by atoms with E-state index in [-0.39, 0.29) is 0 Å². The van der Waals surface area contributed by atoms with E-state index in [9.17, 15) is 0 Å². The normalized spacial score (nSPS) is 32.2. The van der Waals surface area contributed by atoms with Crippen LogP contribution in [0.1, 0.15) is 33.1 Å². The van der Waals surface area contributed by atoms with Crippen LogP contribution in [0.4, 0.5) is 0 Å². The van der Waals surface area contributed by atoms with Gasteiger partial charge in [0.05, 0.1) is 18.8 Å². The van der Waals surface area contributed by atoms with Gasteiger partial charge in [0, 0.05) is 6.61 Å². The van der Waals surface area contributed by atoms with Gasteiger partial charge in [-0.3, -0.25) is 0 Å². The molecule has 0 aliphatic carbocycles. The van der Waals surface area contributed by atoms with Crippen molar-refractivity contribution in [2.75, 3.05) is 13.2 Å². The zero-order valence-corrected chi connectivity index (χ0v) is 7.51. The molecule has 0 aromatic heterocycles. The largest absolute Gasteiger partial charge is 0.379 e. The molecule has 2 heteroatoms. The molecule has 1 rings (SSSR count). The smallest absolute Gasteiger partial charge is 0.0812 e. The van der Waals surface area contributed by atoms with E-state index in [2.05, 4.69) is 6.92 Å². The summed E-state index contributed by atoms with van der Waals surface area (Å²) >= 11 is 0. The average Bonchev–Trinajstić information content (AvgIpc) is 2.01. The standard InChI is InChI=1S/C9H18O2/c1-3-10-7-9-6-4-5-8(2)11-9/h8-9H,3-7H2,1-2H3. The average molecular weight is 158 g/mol. The summed E-state index contributed by atoms with van der Waals surface area (Å²) in [7, 11) is 0. The number of ether oxygens (including phenoxy) is 2. The molecule has 66 valence electrons. The van der Waals surface area contributed by atoms with Crippen LogP contribution >= 0.6 is 0 Å². The second-order valence-electron chi connectivity index (χ2n) is 3.16. The fraction of sp³-hybridized carbons (Fsp3) is 1.00. The molecule has 1 heterocycles. The van der Waals surface area contributed by atoms with Gasteiger partial charge in [-0.25, -0.2) is 0 Å². The first-order valence-corrected chi connectivity index (χ1v) is 4.56. The Hall–Kier alpha value is -0.0800. The maximum absolute atomic E-state index is 5.66. The highest BCUT2D eigenvalue weighted by atomic mass is 16.5. The molecule has 0 amide bonds. The van der Waals surface area contributed by atoms with Crippen LogP contribution in [0.3, 0.4) is 0 Å². The highest BCUT2D eigenvalue weighted by Gasteiger charge is 2.18. The van der Waals surface area contributed by atoms with E-state index in [0.29, 0.717) is 12.2 Å². The van der Waals surface area contributed by atoms with E-state index >= 15 is 0 Å². The lowest BCUT2D eigenvalue weighted by Gasteiger charge is -2.27. The molecular formula is C9H18O2. The van der Waals surface area contributed by atoms with Crippen LogP contribution in [0.25, 0.3) is 0 Å². The monoisotopic (exact) mass is 158 g/mol. The van der Waals surface area contributed by atoms with E-state index in [1.54, 1.807) is 0 Å². The minimum absolute atomic E-state index is 0.360. The molecule has 0 spiro atoms. The van der Waals surface area contributed by atoms with E-state index in [1.165, 1.54) is 19.3 Å². The molecular weight excluding hydrogens is 140 g/mol. The van der Waals surface area contributed by atoms with Gasteiger partial charge >= 0.3 is 0 Å². The maximum Gasteiger partial charge on any atom is 0.0812 e. The van der Waals surface area contributed by atoms with Crippen molar-refractivity contribution in [3.63, 3.8) is 0 Å². The fourth-order valence-electron chi connectivity index (χ4n) is 1.47. The molecule has 0 aromatic rings. The van der Waals surface area contributed by atoms with E-state index in [0.717, 1.165) is 13.2 Å². The molecule has 2 unspecified atom stereocenters. The Kier molecular flexibility index (Phi) is 3.87. The summed E-state index contributed by atoms with van der Waals surface area (Å²) in [6.07, 6.45) is 4.47. The lowest BCUT2D eigenvalue weighted by Crippen LogP contribution is -2.29. The molecule has 11 heavy (non-hydrogen) atoms. The molecule has 0 saturated carbocycles. The van der Waals surface area contributed by atoms with Gasteiger partial charge in [0.25, 0.3) is 0 Å². The Bertz CT molecular complexity index is 104. The summed E-state index contributed by atoms with van der Waals surface area (Å²) in [5.41, 5.74) is 0. The molecule has 0 N–H and O–H groups in total. The Morgan fingerprint density at radius 2 is 2.27 bits per heavy atom. The summed E-state index contributed by atoms with van der Waals surface area (Å²) in [6, 6.07) is 0. The van der Waals surface area contributed by atoms with Crippen molar-refractivity contribution in [2.24, 2.45) is 0 Å². The minimum Gasteiger partial charge on any atom is -0.379 e. The van der Waals surface area contributed by atoms with Crippen LogP contribution in [0.15, 0.2) is 0 Å². The predicted octanol–water partition coefficient (Wildman–Crippen LogP) is 1.98. The van der Waals surface area contributed by atoms with Crippen LogP contribution in [-0.4, -0.2) is 25.4 Å². The predicted molar refractivity (Wildman–Crippen MR) is 44.7 cm³/mol. The molecule has 1 aliphatic rings. The van der Waals surface area contributed by atoms with Crippen molar-refractivity contribution in [2.45, 2.75) is 45.3 Å². The first kappa shape index (κ1) is 9.01. The van der Waals surface area contributed by atoms with E-state index in [1.807, 2.05) is 6.92 Å². The van der Waals surface area contributed by atoms with Gasteiger partial charge in [0.1, 0.15) is 0 Å². The lowest BCUT2D eigenvalue weighted by molar-refractivity contribution is -0.0772. The molecule has 2 nitrogen and oxygen atoms in total. The number of hydrogen-bond donors (Lipinski definition) is 0. The second-order valence-corrected chi connectivity index (χ2v) is 3.16. The Morgan fingerprint density at radius 3 is 2.91 bits per heavy atom. The summed E-state index contributed by atoms with van der Waals surface area (Å²) < 4.78 is 11.0. The summed E-state index contributed by atoms with van der Waals surface area (Å²) in [5.74, 6) is 0. The molecule has 1 saturated heterocycles. The lowest BCUT2D eigenvalue weighted by atomic mass is 10.1. The van der Waals surface area contributed by atoms with Gasteiger partial charge < -0.3 is 9.47 Å². The fourth-order valence-corrected chi connectivity index (χ4v) is 1.47. The van der Waals surface area contributed by atoms with Gasteiger partial charge in [-0.05, 0) is 33.1 Å². The van der Waals surface area contributed by atoms with Crippen LogP contribution < -0.4 is 0 Å². The molecule has 2 atom stereocenters. The van der Waals surface area contributed by atoms with E-state index in [4.69, 9.17) is 9.47 Å². The van der Waals surface area contributed by atoms with Crippen LogP contribution in [-0.2, 0) is 9.47 Å². The van der Waals surface area contributed by atoms with Crippen molar-refractivity contribution < 1.29 is 9.47 Å². The maximum atomic E-state index is 5.66. The van der Waals surface area contributed by atoms with Crippen LogP contribution in [0, 0.1) is 0 Å². The molecule has 1 aliphatic heterocycles. The molecule has 0 radical (unpaired) electrons. The third kappa shape index (κ3) is 3.21. The quantitative estimate of drug-likeness (QED) is 0.625. The van der Waals surface area contributed by atoms with E-state index < -0.39 is 0 Å². The molecule has 0 aromatic carbocycles. The SMILES string of the molecule is CCOCC1CCCC(C)O1. The van der Waals surface area contributed by atoms with Crippen molar-refractivity contribution in [1.29, 1.82) is 0 Å². The van der Waals surface area contributed by atoms with Crippen molar-refractivity contribution in [3.05, 3.63) is 0 Å². The Labute approximate surface area is 68.9 Å². The van der Waals surface area contributed by atoms with Gasteiger partial charge in [0.2, 0.25) is 0 Å².